The molecule has 2 rings (SSSR count). The quantitative estimate of drug-likeness (QED) is 0.648. The van der Waals surface area contributed by atoms with Gasteiger partial charge in [0, 0.05) is 13.6 Å². The van der Waals surface area contributed by atoms with E-state index in [0.717, 1.165) is 5.56 Å². The van der Waals surface area contributed by atoms with Crippen LogP contribution in [-0.2, 0) is 6.54 Å². The van der Waals surface area contributed by atoms with Gasteiger partial charge in [0.1, 0.15) is 17.5 Å². The number of anilines is 2. The predicted molar refractivity (Wildman–Crippen MR) is 74.2 cm³/mol. The van der Waals surface area contributed by atoms with Gasteiger partial charge in [0.25, 0.3) is 5.69 Å². The second kappa shape index (κ2) is 5.96. The van der Waals surface area contributed by atoms with Gasteiger partial charge in [-0.15, -0.1) is 0 Å². The van der Waals surface area contributed by atoms with Crippen molar-refractivity contribution >= 4 is 17.3 Å². The van der Waals surface area contributed by atoms with Crippen molar-refractivity contribution < 1.29 is 9.31 Å². The summed E-state index contributed by atoms with van der Waals surface area (Å²) in [5.74, 6) is 0.480. The molecule has 0 saturated carbocycles. The van der Waals surface area contributed by atoms with E-state index >= 15 is 0 Å². The number of nitrogens with one attached hydrogen (secondary N) is 2. The zero-order valence-electron chi connectivity index (χ0n) is 10.8. The number of hydrogen-bond donors (Lipinski definition) is 2. The Balaban J connectivity index is 2.14. The highest BCUT2D eigenvalue weighted by atomic mass is 19.1. The molecule has 20 heavy (non-hydrogen) atoms. The minimum atomic E-state index is -0.481. The lowest BCUT2D eigenvalue weighted by Gasteiger charge is -2.07. The summed E-state index contributed by atoms with van der Waals surface area (Å²) in [6.45, 7) is 0.400. The van der Waals surface area contributed by atoms with Gasteiger partial charge >= 0.3 is 0 Å². The molecule has 0 aliphatic rings. The summed E-state index contributed by atoms with van der Waals surface area (Å²) >= 11 is 0. The summed E-state index contributed by atoms with van der Waals surface area (Å²) in [5, 5.41) is 16.5. The lowest BCUT2D eigenvalue weighted by molar-refractivity contribution is -0.384. The maximum absolute atomic E-state index is 12.8. The van der Waals surface area contributed by atoms with Gasteiger partial charge < -0.3 is 10.6 Å². The number of benzene rings is 1. The third-order valence-electron chi connectivity index (χ3n) is 2.66. The van der Waals surface area contributed by atoms with Crippen LogP contribution in [0.2, 0.25) is 0 Å². The number of nitro groups is 1. The third kappa shape index (κ3) is 3.41. The highest BCUT2D eigenvalue weighted by Crippen LogP contribution is 2.20. The largest absolute Gasteiger partial charge is 0.373 e. The molecule has 104 valence electrons. The third-order valence-corrected chi connectivity index (χ3v) is 2.66. The summed E-state index contributed by atoms with van der Waals surface area (Å²) in [5.41, 5.74) is 0.802. The second-order valence-corrected chi connectivity index (χ2v) is 4.08. The molecule has 0 unspecified atom stereocenters. The fourth-order valence-corrected chi connectivity index (χ4v) is 1.64. The number of halogens is 1. The van der Waals surface area contributed by atoms with E-state index in [1.54, 1.807) is 19.2 Å². The highest BCUT2D eigenvalue weighted by Gasteiger charge is 2.10. The van der Waals surface area contributed by atoms with Crippen LogP contribution < -0.4 is 10.6 Å². The van der Waals surface area contributed by atoms with Crippen molar-refractivity contribution in [3.8, 4) is 0 Å². The Bertz CT molecular complexity index is 616. The molecule has 7 heteroatoms. The Labute approximate surface area is 114 Å². The molecule has 1 heterocycles. The van der Waals surface area contributed by atoms with Gasteiger partial charge in [0.05, 0.1) is 17.1 Å². The van der Waals surface area contributed by atoms with Gasteiger partial charge in [0.2, 0.25) is 0 Å². The molecule has 2 aromatic rings. The Hall–Kier alpha value is -2.70. The van der Waals surface area contributed by atoms with Crippen LogP contribution in [0.1, 0.15) is 5.56 Å². The van der Waals surface area contributed by atoms with Gasteiger partial charge in [-0.1, -0.05) is 12.1 Å². The van der Waals surface area contributed by atoms with Crippen LogP contribution in [0.3, 0.4) is 0 Å². The lowest BCUT2D eigenvalue weighted by atomic mass is 10.2. The molecule has 0 fully saturated rings. The minimum Gasteiger partial charge on any atom is -0.373 e. The zero-order valence-corrected chi connectivity index (χ0v) is 10.8. The van der Waals surface area contributed by atoms with Crippen molar-refractivity contribution in [1.82, 2.24) is 4.98 Å². The number of aromatic nitrogens is 1. The Morgan fingerprint density at radius 3 is 2.50 bits per heavy atom. The first kappa shape index (κ1) is 13.7. The van der Waals surface area contributed by atoms with Crippen molar-refractivity contribution in [2.24, 2.45) is 0 Å². The van der Waals surface area contributed by atoms with Crippen molar-refractivity contribution in [1.29, 1.82) is 0 Å². The van der Waals surface area contributed by atoms with E-state index in [-0.39, 0.29) is 11.5 Å². The van der Waals surface area contributed by atoms with E-state index in [4.69, 9.17) is 0 Å². The normalized spacial score (nSPS) is 10.1. The van der Waals surface area contributed by atoms with Gasteiger partial charge in [-0.3, -0.25) is 10.1 Å². The topological polar surface area (TPSA) is 80.1 Å². The fourth-order valence-electron chi connectivity index (χ4n) is 1.64. The van der Waals surface area contributed by atoms with Crippen molar-refractivity contribution in [3.63, 3.8) is 0 Å². The monoisotopic (exact) mass is 276 g/mol. The average Bonchev–Trinajstić information content (AvgIpc) is 2.46. The fraction of sp³-hybridized carbons (Fsp3) is 0.154. The Kier molecular flexibility index (Phi) is 4.09. The minimum absolute atomic E-state index is 0.0500. The molecule has 6 nitrogen and oxygen atoms in total. The summed E-state index contributed by atoms with van der Waals surface area (Å²) in [7, 11) is 1.63. The first-order chi connectivity index (χ1) is 9.58. The standard InChI is InChI=1S/C13H13FN4O2/c1-15-12-6-11(18(19)20)7-13(17-12)16-8-9-2-4-10(14)5-3-9/h2-7H,8H2,1H3,(H2,15,16,17). The second-order valence-electron chi connectivity index (χ2n) is 4.08. The predicted octanol–water partition coefficient (Wildman–Crippen LogP) is 2.78. The highest BCUT2D eigenvalue weighted by molar-refractivity contribution is 5.54. The van der Waals surface area contributed by atoms with Crippen LogP contribution in [-0.4, -0.2) is 17.0 Å². The van der Waals surface area contributed by atoms with Gasteiger partial charge in [-0.25, -0.2) is 9.37 Å². The summed E-state index contributed by atoms with van der Waals surface area (Å²) in [6.07, 6.45) is 0. The van der Waals surface area contributed by atoms with E-state index in [1.807, 2.05) is 0 Å². The molecule has 1 aromatic carbocycles. The molecule has 1 aromatic heterocycles. The lowest BCUT2D eigenvalue weighted by Crippen LogP contribution is -2.04. The summed E-state index contributed by atoms with van der Waals surface area (Å²) in [4.78, 5) is 14.5. The van der Waals surface area contributed by atoms with Crippen LogP contribution >= 0.6 is 0 Å². The molecule has 0 spiro atoms. The van der Waals surface area contributed by atoms with Gasteiger partial charge in [-0.05, 0) is 17.7 Å². The van der Waals surface area contributed by atoms with Crippen LogP contribution in [0.25, 0.3) is 0 Å². The van der Waals surface area contributed by atoms with E-state index in [1.165, 1.54) is 24.3 Å². The first-order valence-electron chi connectivity index (χ1n) is 5.91. The zero-order chi connectivity index (χ0) is 14.5. The summed E-state index contributed by atoms with van der Waals surface area (Å²) < 4.78 is 12.8. The Morgan fingerprint density at radius 1 is 1.25 bits per heavy atom. The number of rotatable bonds is 5. The average molecular weight is 276 g/mol. The van der Waals surface area contributed by atoms with Gasteiger partial charge in [0.15, 0.2) is 0 Å². The molecule has 0 aliphatic carbocycles. The van der Waals surface area contributed by atoms with Crippen LogP contribution in [0.4, 0.5) is 21.7 Å². The summed E-state index contributed by atoms with van der Waals surface area (Å²) in [6, 6.07) is 8.69. The van der Waals surface area contributed by atoms with Crippen molar-refractivity contribution in [2.45, 2.75) is 6.54 Å². The maximum Gasteiger partial charge on any atom is 0.276 e. The van der Waals surface area contributed by atoms with E-state index < -0.39 is 4.92 Å². The molecule has 0 radical (unpaired) electrons. The van der Waals surface area contributed by atoms with Crippen LogP contribution in [0.15, 0.2) is 36.4 Å². The molecule has 0 saturated heterocycles. The Morgan fingerprint density at radius 2 is 1.90 bits per heavy atom. The number of pyridine rings is 1. The van der Waals surface area contributed by atoms with Gasteiger partial charge in [-0.2, -0.15) is 0 Å². The van der Waals surface area contributed by atoms with Crippen LogP contribution in [0.5, 0.6) is 0 Å². The smallest absolute Gasteiger partial charge is 0.276 e. The molecule has 0 atom stereocenters. The van der Waals surface area contributed by atoms with E-state index in [9.17, 15) is 14.5 Å². The first-order valence-corrected chi connectivity index (χ1v) is 5.91. The molecular weight excluding hydrogens is 263 g/mol. The van der Waals surface area contributed by atoms with Crippen LogP contribution in [0, 0.1) is 15.9 Å². The van der Waals surface area contributed by atoms with E-state index in [2.05, 4.69) is 15.6 Å². The van der Waals surface area contributed by atoms with Crippen molar-refractivity contribution in [2.75, 3.05) is 17.7 Å². The molecule has 0 amide bonds. The number of nitrogens with zero attached hydrogens (tertiary/aromatic N) is 2. The number of hydrogen-bond acceptors (Lipinski definition) is 5. The van der Waals surface area contributed by atoms with Crippen molar-refractivity contribution in [3.05, 3.63) is 57.9 Å². The molecule has 2 N–H and O–H groups in total. The molecule has 0 bridgehead atoms. The van der Waals surface area contributed by atoms with E-state index in [0.29, 0.717) is 18.2 Å². The molecular formula is C13H13FN4O2. The maximum atomic E-state index is 12.8. The molecule has 0 aliphatic heterocycles. The SMILES string of the molecule is CNc1cc([N+](=O)[O-])cc(NCc2ccc(F)cc2)n1.